The van der Waals surface area contributed by atoms with Gasteiger partial charge in [0.05, 0.1) is 24.4 Å². The summed E-state index contributed by atoms with van der Waals surface area (Å²) < 4.78 is 43.4. The number of nitrogens with one attached hydrogen (secondary N) is 1. The summed E-state index contributed by atoms with van der Waals surface area (Å²) in [6.07, 6.45) is -3.73. The molecule has 0 unspecified atom stereocenters. The molecule has 1 heterocycles. The molecule has 2 atom stereocenters. The van der Waals surface area contributed by atoms with Crippen LogP contribution in [0, 0.1) is 5.92 Å². The van der Waals surface area contributed by atoms with E-state index >= 15 is 0 Å². The van der Waals surface area contributed by atoms with Crippen LogP contribution in [0.3, 0.4) is 0 Å². The van der Waals surface area contributed by atoms with Crippen molar-refractivity contribution in [3.8, 4) is 0 Å². The summed E-state index contributed by atoms with van der Waals surface area (Å²) >= 11 is 5.85. The highest BCUT2D eigenvalue weighted by Crippen LogP contribution is 2.37. The Bertz CT molecular complexity index is 882. The van der Waals surface area contributed by atoms with Gasteiger partial charge in [-0.05, 0) is 54.8 Å². The Labute approximate surface area is 177 Å². The van der Waals surface area contributed by atoms with Crippen molar-refractivity contribution in [1.29, 1.82) is 0 Å². The second kappa shape index (κ2) is 9.62. The van der Waals surface area contributed by atoms with Crippen molar-refractivity contribution in [2.24, 2.45) is 5.92 Å². The molecule has 0 amide bonds. The topological polar surface area (TPSA) is 55.4 Å². The second-order valence-corrected chi connectivity index (χ2v) is 7.65. The van der Waals surface area contributed by atoms with E-state index in [2.05, 4.69) is 5.32 Å². The van der Waals surface area contributed by atoms with Crippen LogP contribution in [-0.2, 0) is 26.9 Å². The Morgan fingerprint density at radius 1 is 1.10 bits per heavy atom. The zero-order valence-electron chi connectivity index (χ0n) is 16.0. The molecule has 2 aromatic carbocycles. The van der Waals surface area contributed by atoms with Gasteiger partial charge < -0.3 is 10.1 Å². The Balaban J connectivity index is 1.51. The maximum absolute atomic E-state index is 12.7. The molecule has 1 N–H and O–H groups in total. The number of ketones is 1. The minimum absolute atomic E-state index is 0.0685. The average Bonchev–Trinajstić information content (AvgIpc) is 3.10. The van der Waals surface area contributed by atoms with Crippen LogP contribution in [0.4, 0.5) is 13.2 Å². The first-order valence-electron chi connectivity index (χ1n) is 9.58. The molecule has 30 heavy (non-hydrogen) atoms. The molecule has 0 aliphatic carbocycles. The van der Waals surface area contributed by atoms with Gasteiger partial charge >= 0.3 is 12.1 Å². The van der Waals surface area contributed by atoms with Gasteiger partial charge in [0.25, 0.3) is 0 Å². The van der Waals surface area contributed by atoms with Gasteiger partial charge in [0.2, 0.25) is 0 Å². The minimum Gasteiger partial charge on any atom is -0.457 e. The lowest BCUT2D eigenvalue weighted by Gasteiger charge is -2.18. The van der Waals surface area contributed by atoms with E-state index in [1.807, 2.05) is 24.3 Å². The molecule has 3 rings (SSSR count). The first-order valence-corrected chi connectivity index (χ1v) is 9.96. The molecule has 0 bridgehead atoms. The number of Topliss-reactive ketones (excluding diaryl/α,β-unsaturated/α-hetero) is 1. The van der Waals surface area contributed by atoms with Crippen LogP contribution in [0.5, 0.6) is 0 Å². The Morgan fingerprint density at radius 2 is 1.77 bits per heavy atom. The van der Waals surface area contributed by atoms with Crippen molar-refractivity contribution in [3.63, 3.8) is 0 Å². The number of carbonyl (C=O) groups excluding carboxylic acids is 2. The van der Waals surface area contributed by atoms with Crippen LogP contribution < -0.4 is 5.32 Å². The van der Waals surface area contributed by atoms with E-state index in [9.17, 15) is 22.8 Å². The zero-order valence-corrected chi connectivity index (χ0v) is 16.8. The van der Waals surface area contributed by atoms with Gasteiger partial charge in [-0.15, -0.1) is 0 Å². The van der Waals surface area contributed by atoms with E-state index in [1.165, 1.54) is 12.1 Å². The number of carbonyl (C=O) groups is 2. The Hall–Kier alpha value is -2.38. The van der Waals surface area contributed by atoms with Crippen molar-refractivity contribution in [1.82, 2.24) is 5.32 Å². The summed E-state index contributed by atoms with van der Waals surface area (Å²) in [5.41, 5.74) is 0.737. The predicted octanol–water partition coefficient (Wildman–Crippen LogP) is 4.75. The standard InChI is InChI=1S/C22H21ClF3NO3/c23-17-9-3-14(4-10-17)2-1-11-27-13-19(28)18-12-20(29)30-21(18)15-5-7-16(8-6-15)22(24,25)26/h3-10,18,21,27H,1-2,11-13H2/t18-,21-/m1/s1. The molecule has 1 aliphatic rings. The number of halogens is 4. The summed E-state index contributed by atoms with van der Waals surface area (Å²) in [6, 6.07) is 11.9. The van der Waals surface area contributed by atoms with Crippen LogP contribution >= 0.6 is 11.6 Å². The molecule has 2 aromatic rings. The predicted molar refractivity (Wildman–Crippen MR) is 106 cm³/mol. The number of hydrogen-bond acceptors (Lipinski definition) is 4. The van der Waals surface area contributed by atoms with E-state index in [1.54, 1.807) is 0 Å². The van der Waals surface area contributed by atoms with Gasteiger partial charge in [-0.25, -0.2) is 0 Å². The summed E-state index contributed by atoms with van der Waals surface area (Å²) in [5, 5.41) is 3.75. The fourth-order valence-corrected chi connectivity index (χ4v) is 3.54. The van der Waals surface area contributed by atoms with Gasteiger partial charge in [0.15, 0.2) is 5.78 Å². The van der Waals surface area contributed by atoms with Crippen molar-refractivity contribution in [2.45, 2.75) is 31.5 Å². The van der Waals surface area contributed by atoms with Crippen LogP contribution in [-0.4, -0.2) is 24.8 Å². The maximum Gasteiger partial charge on any atom is 0.416 e. The summed E-state index contributed by atoms with van der Waals surface area (Å²) in [5.74, 6) is -1.43. The van der Waals surface area contributed by atoms with Crippen LogP contribution in [0.25, 0.3) is 0 Å². The highest BCUT2D eigenvalue weighted by atomic mass is 35.5. The van der Waals surface area contributed by atoms with E-state index in [4.69, 9.17) is 16.3 Å². The number of aryl methyl sites for hydroxylation is 1. The molecule has 1 aliphatic heterocycles. The zero-order chi connectivity index (χ0) is 21.7. The fourth-order valence-electron chi connectivity index (χ4n) is 3.41. The molecular formula is C22H21ClF3NO3. The van der Waals surface area contributed by atoms with Crippen molar-refractivity contribution in [2.75, 3.05) is 13.1 Å². The summed E-state index contributed by atoms with van der Waals surface area (Å²) in [6.45, 7) is 0.680. The van der Waals surface area contributed by atoms with E-state index in [0.717, 1.165) is 30.5 Å². The van der Waals surface area contributed by atoms with Gasteiger partial charge in [0.1, 0.15) is 6.10 Å². The van der Waals surface area contributed by atoms with Gasteiger partial charge in [-0.2, -0.15) is 13.2 Å². The Morgan fingerprint density at radius 3 is 2.40 bits per heavy atom. The summed E-state index contributed by atoms with van der Waals surface area (Å²) in [4.78, 5) is 24.3. The largest absolute Gasteiger partial charge is 0.457 e. The second-order valence-electron chi connectivity index (χ2n) is 7.21. The molecule has 0 spiro atoms. The van der Waals surface area contributed by atoms with E-state index < -0.39 is 29.7 Å². The monoisotopic (exact) mass is 439 g/mol. The lowest BCUT2D eigenvalue weighted by atomic mass is 9.91. The van der Waals surface area contributed by atoms with Gasteiger partial charge in [-0.3, -0.25) is 9.59 Å². The number of rotatable bonds is 8. The molecule has 1 saturated heterocycles. The molecule has 0 radical (unpaired) electrons. The molecule has 0 aromatic heterocycles. The van der Waals surface area contributed by atoms with Gasteiger partial charge in [0, 0.05) is 5.02 Å². The lowest BCUT2D eigenvalue weighted by Crippen LogP contribution is -2.30. The number of benzene rings is 2. The van der Waals surface area contributed by atoms with Crippen LogP contribution in [0.1, 0.15) is 35.6 Å². The van der Waals surface area contributed by atoms with Crippen molar-refractivity contribution in [3.05, 3.63) is 70.2 Å². The van der Waals surface area contributed by atoms with E-state index in [-0.39, 0.29) is 18.7 Å². The number of cyclic esters (lactones) is 1. The van der Waals surface area contributed by atoms with Crippen molar-refractivity contribution >= 4 is 23.4 Å². The number of alkyl halides is 3. The first kappa shape index (κ1) is 22.3. The summed E-state index contributed by atoms with van der Waals surface area (Å²) in [7, 11) is 0. The number of ether oxygens (including phenoxy) is 1. The van der Waals surface area contributed by atoms with Crippen LogP contribution in [0.15, 0.2) is 48.5 Å². The molecule has 4 nitrogen and oxygen atoms in total. The first-order chi connectivity index (χ1) is 14.2. The molecule has 1 fully saturated rings. The fraction of sp³-hybridized carbons (Fsp3) is 0.364. The van der Waals surface area contributed by atoms with Crippen molar-refractivity contribution < 1.29 is 27.5 Å². The van der Waals surface area contributed by atoms with Gasteiger partial charge in [-0.1, -0.05) is 35.9 Å². The normalized spacial score (nSPS) is 19.0. The SMILES string of the molecule is O=C1C[C@H](C(=O)CNCCCc2ccc(Cl)cc2)[C@@H](c2ccc(C(F)(F)F)cc2)O1. The smallest absolute Gasteiger partial charge is 0.416 e. The number of hydrogen-bond donors (Lipinski definition) is 1. The molecule has 160 valence electrons. The average molecular weight is 440 g/mol. The molecule has 8 heteroatoms. The maximum atomic E-state index is 12.7. The number of esters is 1. The van der Waals surface area contributed by atoms with Crippen LogP contribution in [0.2, 0.25) is 5.02 Å². The highest BCUT2D eigenvalue weighted by Gasteiger charge is 2.40. The highest BCUT2D eigenvalue weighted by molar-refractivity contribution is 6.30. The Kier molecular flexibility index (Phi) is 7.15. The van der Waals surface area contributed by atoms with E-state index in [0.29, 0.717) is 17.1 Å². The molecule has 0 saturated carbocycles. The third-order valence-electron chi connectivity index (χ3n) is 5.02. The lowest BCUT2D eigenvalue weighted by molar-refractivity contribution is -0.142. The minimum atomic E-state index is -4.45. The third kappa shape index (κ3) is 5.83. The third-order valence-corrected chi connectivity index (χ3v) is 5.27. The quantitative estimate of drug-likeness (QED) is 0.476. The molecular weight excluding hydrogens is 419 g/mol.